The number of ether oxygens (including phenoxy) is 2. The van der Waals surface area contributed by atoms with E-state index in [1.165, 1.54) is 7.11 Å². The van der Waals surface area contributed by atoms with Crippen LogP contribution in [-0.2, 0) is 9.53 Å². The molecule has 0 aromatic heterocycles. The number of methoxy groups -OCH3 is 1. The molecule has 0 aliphatic carbocycles. The van der Waals surface area contributed by atoms with Crippen LogP contribution in [0.2, 0.25) is 5.02 Å². The van der Waals surface area contributed by atoms with Gasteiger partial charge in [-0.1, -0.05) is 23.7 Å². The van der Waals surface area contributed by atoms with Crippen molar-refractivity contribution in [1.82, 2.24) is 0 Å². The highest BCUT2D eigenvalue weighted by Gasteiger charge is 2.23. The number of hydrogen-bond acceptors (Lipinski definition) is 4. The summed E-state index contributed by atoms with van der Waals surface area (Å²) in [7, 11) is 1.28. The van der Waals surface area contributed by atoms with Gasteiger partial charge < -0.3 is 15.2 Å². The maximum atomic E-state index is 11.2. The van der Waals surface area contributed by atoms with Crippen LogP contribution in [0.3, 0.4) is 0 Å². The zero-order chi connectivity index (χ0) is 12.1. The van der Waals surface area contributed by atoms with Gasteiger partial charge in [0.05, 0.1) is 12.1 Å². The quantitative estimate of drug-likeness (QED) is 0.817. The molecule has 2 N–H and O–H groups in total. The molecule has 0 saturated carbocycles. The van der Waals surface area contributed by atoms with Crippen molar-refractivity contribution >= 4 is 17.6 Å². The van der Waals surface area contributed by atoms with Crippen LogP contribution < -0.4 is 10.5 Å². The minimum absolute atomic E-state index is 0.478. The van der Waals surface area contributed by atoms with Crippen LogP contribution in [0, 0.1) is 0 Å². The monoisotopic (exact) mass is 243 g/mol. The van der Waals surface area contributed by atoms with E-state index in [0.717, 1.165) is 0 Å². The smallest absolute Gasteiger partial charge is 0.326 e. The molecule has 5 heteroatoms. The second kappa shape index (κ2) is 5.72. The standard InChI is InChI=1S/C11H14ClNO3/c1-7(10(13)11(14)15-2)16-9-6-4-3-5-8(9)12/h3-7,10H,13H2,1-2H3/t7-,10-/m0/s1. The molecule has 0 saturated heterocycles. The van der Waals surface area contributed by atoms with E-state index in [-0.39, 0.29) is 0 Å². The van der Waals surface area contributed by atoms with E-state index in [4.69, 9.17) is 22.1 Å². The van der Waals surface area contributed by atoms with Crippen molar-refractivity contribution in [2.75, 3.05) is 7.11 Å². The molecule has 0 fully saturated rings. The first-order chi connectivity index (χ1) is 7.56. The summed E-state index contributed by atoms with van der Waals surface area (Å²) in [6.45, 7) is 1.69. The SMILES string of the molecule is COC(=O)[C@@H](N)[C@H](C)Oc1ccccc1Cl. The van der Waals surface area contributed by atoms with E-state index in [9.17, 15) is 4.79 Å². The predicted octanol–water partition coefficient (Wildman–Crippen LogP) is 1.61. The third kappa shape index (κ3) is 3.12. The minimum Gasteiger partial charge on any atom is -0.487 e. The molecule has 1 rings (SSSR count). The summed E-state index contributed by atoms with van der Waals surface area (Å²) in [6.07, 6.45) is -0.507. The van der Waals surface area contributed by atoms with Crippen LogP contribution in [0.4, 0.5) is 0 Å². The van der Waals surface area contributed by atoms with E-state index in [1.54, 1.807) is 31.2 Å². The Kier molecular flexibility index (Phi) is 4.58. The lowest BCUT2D eigenvalue weighted by Gasteiger charge is -2.19. The number of nitrogens with two attached hydrogens (primary N) is 1. The van der Waals surface area contributed by atoms with Crippen molar-refractivity contribution in [1.29, 1.82) is 0 Å². The van der Waals surface area contributed by atoms with Crippen molar-refractivity contribution < 1.29 is 14.3 Å². The first-order valence-electron chi connectivity index (χ1n) is 4.81. The summed E-state index contributed by atoms with van der Waals surface area (Å²) in [4.78, 5) is 11.2. The van der Waals surface area contributed by atoms with E-state index in [0.29, 0.717) is 10.8 Å². The number of esters is 1. The second-order valence-corrected chi connectivity index (χ2v) is 3.71. The molecule has 0 aliphatic rings. The molecule has 16 heavy (non-hydrogen) atoms. The average molecular weight is 244 g/mol. The van der Waals surface area contributed by atoms with Crippen LogP contribution >= 0.6 is 11.6 Å². The summed E-state index contributed by atoms with van der Waals surface area (Å²) >= 11 is 5.90. The summed E-state index contributed by atoms with van der Waals surface area (Å²) in [6, 6.07) is 6.16. The fraction of sp³-hybridized carbons (Fsp3) is 0.364. The normalized spacial score (nSPS) is 14.0. The molecule has 1 aromatic rings. The Morgan fingerprint density at radius 2 is 2.06 bits per heavy atom. The largest absolute Gasteiger partial charge is 0.487 e. The highest BCUT2D eigenvalue weighted by Crippen LogP contribution is 2.24. The third-order valence-corrected chi connectivity index (χ3v) is 2.44. The Labute approximate surface area is 99.3 Å². The summed E-state index contributed by atoms with van der Waals surface area (Å²) in [5.74, 6) is -0.0180. The van der Waals surface area contributed by atoms with E-state index in [1.807, 2.05) is 0 Å². The van der Waals surface area contributed by atoms with Crippen molar-refractivity contribution in [3.63, 3.8) is 0 Å². The molecule has 0 aliphatic heterocycles. The lowest BCUT2D eigenvalue weighted by molar-refractivity contribution is -0.144. The van der Waals surface area contributed by atoms with Gasteiger partial charge in [0.25, 0.3) is 0 Å². The zero-order valence-electron chi connectivity index (χ0n) is 9.14. The Morgan fingerprint density at radius 3 is 2.62 bits per heavy atom. The fourth-order valence-electron chi connectivity index (χ4n) is 1.14. The maximum absolute atomic E-state index is 11.2. The summed E-state index contributed by atoms with van der Waals surface area (Å²) < 4.78 is 10.00. The second-order valence-electron chi connectivity index (χ2n) is 3.30. The van der Waals surface area contributed by atoms with Crippen LogP contribution in [0.25, 0.3) is 0 Å². The third-order valence-electron chi connectivity index (χ3n) is 2.13. The van der Waals surface area contributed by atoms with Crippen LogP contribution in [0.15, 0.2) is 24.3 Å². The van der Waals surface area contributed by atoms with E-state index >= 15 is 0 Å². The van der Waals surface area contributed by atoms with Gasteiger partial charge in [0.15, 0.2) is 0 Å². The number of carbonyl (C=O) groups excluding carboxylic acids is 1. The fourth-order valence-corrected chi connectivity index (χ4v) is 1.32. The van der Waals surface area contributed by atoms with Gasteiger partial charge in [0.1, 0.15) is 17.9 Å². The molecule has 0 radical (unpaired) electrons. The topological polar surface area (TPSA) is 61.5 Å². The highest BCUT2D eigenvalue weighted by molar-refractivity contribution is 6.32. The predicted molar refractivity (Wildman–Crippen MR) is 61.5 cm³/mol. The lowest BCUT2D eigenvalue weighted by atomic mass is 10.2. The number of para-hydroxylation sites is 1. The van der Waals surface area contributed by atoms with Crippen molar-refractivity contribution in [2.24, 2.45) is 5.73 Å². The zero-order valence-corrected chi connectivity index (χ0v) is 9.90. The Bertz CT molecular complexity index is 370. The van der Waals surface area contributed by atoms with Crippen molar-refractivity contribution in [3.8, 4) is 5.75 Å². The van der Waals surface area contributed by atoms with Gasteiger partial charge in [0, 0.05) is 0 Å². The Morgan fingerprint density at radius 1 is 1.44 bits per heavy atom. The van der Waals surface area contributed by atoms with Gasteiger partial charge >= 0.3 is 5.97 Å². The number of hydrogen-bond donors (Lipinski definition) is 1. The highest BCUT2D eigenvalue weighted by atomic mass is 35.5. The molecule has 2 atom stereocenters. The molecule has 4 nitrogen and oxygen atoms in total. The van der Waals surface area contributed by atoms with Crippen molar-refractivity contribution in [3.05, 3.63) is 29.3 Å². The minimum atomic E-state index is -0.832. The molecular weight excluding hydrogens is 230 g/mol. The van der Waals surface area contributed by atoms with Gasteiger partial charge in [-0.3, -0.25) is 4.79 Å². The molecule has 0 spiro atoms. The average Bonchev–Trinajstić information content (AvgIpc) is 2.30. The van der Waals surface area contributed by atoms with Gasteiger partial charge in [-0.2, -0.15) is 0 Å². The molecule has 1 aromatic carbocycles. The van der Waals surface area contributed by atoms with Gasteiger partial charge in [-0.05, 0) is 19.1 Å². The maximum Gasteiger partial charge on any atom is 0.326 e. The molecule has 0 bridgehead atoms. The van der Waals surface area contributed by atoms with Crippen LogP contribution in [0.1, 0.15) is 6.92 Å². The molecule has 0 unspecified atom stereocenters. The van der Waals surface area contributed by atoms with E-state index < -0.39 is 18.1 Å². The Hall–Kier alpha value is -1.26. The number of carbonyl (C=O) groups is 1. The number of halogens is 1. The molecular formula is C11H14ClNO3. The molecule has 0 heterocycles. The van der Waals surface area contributed by atoms with Gasteiger partial charge in [-0.15, -0.1) is 0 Å². The lowest BCUT2D eigenvalue weighted by Crippen LogP contribution is -2.44. The Balaban J connectivity index is 2.68. The van der Waals surface area contributed by atoms with Gasteiger partial charge in [0.2, 0.25) is 0 Å². The van der Waals surface area contributed by atoms with Crippen LogP contribution in [0.5, 0.6) is 5.75 Å². The number of benzene rings is 1. The van der Waals surface area contributed by atoms with Crippen LogP contribution in [-0.4, -0.2) is 25.2 Å². The summed E-state index contributed by atoms with van der Waals surface area (Å²) in [5.41, 5.74) is 5.63. The number of rotatable bonds is 4. The summed E-state index contributed by atoms with van der Waals surface area (Å²) in [5, 5.41) is 0.478. The molecule has 88 valence electrons. The first-order valence-corrected chi connectivity index (χ1v) is 5.18. The van der Waals surface area contributed by atoms with Crippen molar-refractivity contribution in [2.45, 2.75) is 19.1 Å². The first kappa shape index (κ1) is 12.8. The molecule has 0 amide bonds. The van der Waals surface area contributed by atoms with Gasteiger partial charge in [-0.25, -0.2) is 0 Å². The van der Waals surface area contributed by atoms with E-state index in [2.05, 4.69) is 4.74 Å².